The Morgan fingerprint density at radius 3 is 2.33 bits per heavy atom. The minimum Gasteiger partial charge on any atom is -0.349 e. The van der Waals surface area contributed by atoms with Crippen molar-refractivity contribution in [3.05, 3.63) is 67.8 Å². The van der Waals surface area contributed by atoms with Gasteiger partial charge in [-0.3, -0.25) is 30.2 Å². The monoisotopic (exact) mass is 332 g/mol. The summed E-state index contributed by atoms with van der Waals surface area (Å²) in [6, 6.07) is 8.39. The molecule has 24 heavy (non-hydrogen) atoms. The fourth-order valence-corrected chi connectivity index (χ4v) is 2.08. The molecule has 0 aliphatic rings. The summed E-state index contributed by atoms with van der Waals surface area (Å²) in [6.07, 6.45) is 0. The highest BCUT2D eigenvalue weighted by atomic mass is 16.6. The lowest BCUT2D eigenvalue weighted by Gasteiger charge is -2.13. The molecule has 0 radical (unpaired) electrons. The van der Waals surface area contributed by atoms with Gasteiger partial charge in [-0.15, -0.1) is 0 Å². The molecule has 2 rings (SSSR count). The first kappa shape index (κ1) is 16.8. The van der Waals surface area contributed by atoms with Gasteiger partial charge in [-0.1, -0.05) is 18.2 Å². The second-order valence-electron chi connectivity index (χ2n) is 4.78. The Labute approximate surface area is 135 Å². The zero-order valence-corrected chi connectivity index (χ0v) is 12.3. The predicted octanol–water partition coefficient (Wildman–Crippen LogP) is 2.67. The van der Waals surface area contributed by atoms with Crippen LogP contribution in [0.4, 0.5) is 22.7 Å². The molecule has 0 heterocycles. The van der Waals surface area contributed by atoms with Crippen LogP contribution in [0.25, 0.3) is 0 Å². The van der Waals surface area contributed by atoms with E-state index in [9.17, 15) is 25.0 Å². The van der Waals surface area contributed by atoms with E-state index >= 15 is 0 Å². The number of hydrogen-bond acceptors (Lipinski definition) is 7. The number of hydrogen-bond donors (Lipinski definition) is 3. The average molecular weight is 332 g/mol. The van der Waals surface area contributed by atoms with Crippen LogP contribution in [0.1, 0.15) is 15.9 Å². The van der Waals surface area contributed by atoms with E-state index in [-0.39, 0.29) is 5.69 Å². The zero-order valence-electron chi connectivity index (χ0n) is 12.3. The molecule has 0 aliphatic carbocycles. The number of anilines is 2. The summed E-state index contributed by atoms with van der Waals surface area (Å²) < 4.78 is 0. The third kappa shape index (κ3) is 3.28. The van der Waals surface area contributed by atoms with Crippen LogP contribution in [-0.4, -0.2) is 21.0 Å². The van der Waals surface area contributed by atoms with E-state index in [0.717, 1.165) is 17.7 Å². The topological polar surface area (TPSA) is 148 Å². The Hall–Kier alpha value is -3.53. The van der Waals surface area contributed by atoms with Crippen LogP contribution in [0, 0.1) is 27.2 Å². The number of carbonyl (C=O) groups excluding carboxylic acids is 1. The number of amides is 1. The smallest absolute Gasteiger partial charge is 0.300 e. The largest absolute Gasteiger partial charge is 0.349 e. The number of para-hydroxylation sites is 1. The molecule has 0 bridgehead atoms. The van der Waals surface area contributed by atoms with Crippen molar-refractivity contribution in [1.82, 2.24) is 5.48 Å². The summed E-state index contributed by atoms with van der Waals surface area (Å²) in [5, 5.41) is 33.8. The van der Waals surface area contributed by atoms with Gasteiger partial charge in [0.2, 0.25) is 0 Å². The van der Waals surface area contributed by atoms with E-state index in [1.54, 1.807) is 31.2 Å². The van der Waals surface area contributed by atoms with Crippen LogP contribution in [0.2, 0.25) is 0 Å². The molecule has 0 saturated carbocycles. The van der Waals surface area contributed by atoms with Crippen molar-refractivity contribution in [3.8, 4) is 0 Å². The summed E-state index contributed by atoms with van der Waals surface area (Å²) in [6.45, 7) is 1.74. The zero-order chi connectivity index (χ0) is 17.9. The molecule has 2 aromatic rings. The van der Waals surface area contributed by atoms with Crippen molar-refractivity contribution in [2.75, 3.05) is 5.32 Å². The molecule has 3 N–H and O–H groups in total. The number of nitro benzene ring substituents is 2. The number of nitrogens with zero attached hydrogens (tertiary/aromatic N) is 2. The number of nitrogens with one attached hydrogen (secondary N) is 2. The van der Waals surface area contributed by atoms with Crippen LogP contribution in [0.5, 0.6) is 0 Å². The normalized spacial score (nSPS) is 10.1. The number of nitro groups is 2. The van der Waals surface area contributed by atoms with Gasteiger partial charge in [0.05, 0.1) is 21.5 Å². The molecule has 2 aromatic carbocycles. The van der Waals surface area contributed by atoms with Gasteiger partial charge in [-0.25, -0.2) is 5.48 Å². The van der Waals surface area contributed by atoms with Crippen molar-refractivity contribution < 1.29 is 19.8 Å². The van der Waals surface area contributed by atoms with E-state index in [2.05, 4.69) is 5.32 Å². The highest BCUT2D eigenvalue weighted by Gasteiger charge is 2.27. The summed E-state index contributed by atoms with van der Waals surface area (Å²) in [7, 11) is 0. The molecule has 0 aromatic heterocycles. The van der Waals surface area contributed by atoms with E-state index in [1.165, 1.54) is 5.48 Å². The minimum absolute atomic E-state index is 0.258. The summed E-state index contributed by atoms with van der Waals surface area (Å²) in [5.74, 6) is -1.11. The highest BCUT2D eigenvalue weighted by molar-refractivity contribution is 6.03. The summed E-state index contributed by atoms with van der Waals surface area (Å²) in [5.41, 5.74) is 0.549. The van der Waals surface area contributed by atoms with Gasteiger partial charge in [0.25, 0.3) is 17.3 Å². The fraction of sp³-hybridized carbons (Fsp3) is 0.0714. The van der Waals surface area contributed by atoms with E-state index in [0.29, 0.717) is 5.69 Å². The molecule has 10 heteroatoms. The lowest BCUT2D eigenvalue weighted by atomic mass is 10.1. The fourth-order valence-electron chi connectivity index (χ4n) is 2.08. The van der Waals surface area contributed by atoms with Gasteiger partial charge < -0.3 is 5.32 Å². The SMILES string of the molecule is Cc1ccccc1Nc1c(C(=O)NO)cc([N+](=O)[O-])cc1[N+](=O)[O-]. The molecule has 0 unspecified atom stereocenters. The third-order valence-corrected chi connectivity index (χ3v) is 3.26. The number of benzene rings is 2. The van der Waals surface area contributed by atoms with Gasteiger partial charge in [-0.2, -0.15) is 0 Å². The summed E-state index contributed by atoms with van der Waals surface area (Å²) in [4.78, 5) is 32.3. The van der Waals surface area contributed by atoms with Gasteiger partial charge in [0.1, 0.15) is 5.69 Å². The van der Waals surface area contributed by atoms with Gasteiger partial charge in [-0.05, 0) is 18.6 Å². The number of hydroxylamine groups is 1. The maximum absolute atomic E-state index is 11.8. The van der Waals surface area contributed by atoms with Crippen molar-refractivity contribution in [2.45, 2.75) is 6.92 Å². The molecule has 0 saturated heterocycles. The van der Waals surface area contributed by atoms with Crippen molar-refractivity contribution in [3.63, 3.8) is 0 Å². The second kappa shape index (κ2) is 6.71. The standard InChI is InChI=1S/C14H12N4O6/c1-8-4-2-3-5-11(8)15-13-10(14(19)16-20)6-9(17(21)22)7-12(13)18(23)24/h2-7,15,20H,1H3,(H,16,19). The summed E-state index contributed by atoms with van der Waals surface area (Å²) >= 11 is 0. The van der Waals surface area contributed by atoms with Crippen LogP contribution >= 0.6 is 0 Å². The highest BCUT2D eigenvalue weighted by Crippen LogP contribution is 2.36. The van der Waals surface area contributed by atoms with Crippen molar-refractivity contribution in [2.24, 2.45) is 0 Å². The molecule has 0 aliphatic heterocycles. The number of carbonyl (C=O) groups is 1. The molecule has 1 amide bonds. The average Bonchev–Trinajstić information content (AvgIpc) is 2.55. The van der Waals surface area contributed by atoms with E-state index in [4.69, 9.17) is 5.21 Å². The van der Waals surface area contributed by atoms with Crippen molar-refractivity contribution >= 4 is 28.7 Å². The van der Waals surface area contributed by atoms with Crippen LogP contribution in [0.3, 0.4) is 0 Å². The lowest BCUT2D eigenvalue weighted by Crippen LogP contribution is -2.20. The van der Waals surface area contributed by atoms with Crippen LogP contribution in [0.15, 0.2) is 36.4 Å². The molecule has 0 spiro atoms. The molecule has 0 fully saturated rings. The third-order valence-electron chi connectivity index (χ3n) is 3.26. The Kier molecular flexibility index (Phi) is 4.70. The van der Waals surface area contributed by atoms with E-state index < -0.39 is 32.7 Å². The molecular formula is C14H12N4O6. The Morgan fingerprint density at radius 1 is 1.12 bits per heavy atom. The molecule has 0 atom stereocenters. The van der Waals surface area contributed by atoms with Gasteiger partial charge >= 0.3 is 0 Å². The second-order valence-corrected chi connectivity index (χ2v) is 4.78. The van der Waals surface area contributed by atoms with Crippen LogP contribution in [-0.2, 0) is 0 Å². The maximum atomic E-state index is 11.8. The minimum atomic E-state index is -1.11. The molecular weight excluding hydrogens is 320 g/mol. The predicted molar refractivity (Wildman–Crippen MR) is 83.5 cm³/mol. The number of aryl methyl sites for hydroxylation is 1. The number of non-ortho nitro benzene ring substituents is 1. The van der Waals surface area contributed by atoms with Gasteiger partial charge in [0, 0.05) is 11.8 Å². The lowest BCUT2D eigenvalue weighted by molar-refractivity contribution is -0.393. The first-order chi connectivity index (χ1) is 11.3. The molecule has 10 nitrogen and oxygen atoms in total. The van der Waals surface area contributed by atoms with Crippen LogP contribution < -0.4 is 10.8 Å². The first-order valence-electron chi connectivity index (χ1n) is 6.59. The van der Waals surface area contributed by atoms with E-state index in [1.807, 2.05) is 0 Å². The van der Waals surface area contributed by atoms with Gasteiger partial charge in [0.15, 0.2) is 0 Å². The Balaban J connectivity index is 2.71. The molecule has 124 valence electrons. The maximum Gasteiger partial charge on any atom is 0.300 e. The first-order valence-corrected chi connectivity index (χ1v) is 6.59. The quantitative estimate of drug-likeness (QED) is 0.433. The Bertz CT molecular complexity index is 836. The van der Waals surface area contributed by atoms with Crippen molar-refractivity contribution in [1.29, 1.82) is 0 Å². The number of rotatable bonds is 5. The Morgan fingerprint density at radius 2 is 1.79 bits per heavy atom.